The molecule has 152 valence electrons. The van der Waals surface area contributed by atoms with Gasteiger partial charge in [-0.2, -0.15) is 0 Å². The fraction of sp³-hybridized carbons (Fsp3) is 0.333. The van der Waals surface area contributed by atoms with Crippen LogP contribution in [0.15, 0.2) is 47.6 Å². The van der Waals surface area contributed by atoms with Crippen LogP contribution >= 0.6 is 0 Å². The van der Waals surface area contributed by atoms with Gasteiger partial charge in [-0.25, -0.2) is 5.12 Å². The largest absolute Gasteiger partial charge is 0.507 e. The second kappa shape index (κ2) is 7.90. The van der Waals surface area contributed by atoms with E-state index in [9.17, 15) is 9.90 Å². The van der Waals surface area contributed by atoms with Crippen LogP contribution in [-0.2, 0) is 0 Å². The van der Waals surface area contributed by atoms with Gasteiger partial charge in [0.25, 0.3) is 5.91 Å². The van der Waals surface area contributed by atoms with Crippen molar-refractivity contribution >= 4 is 17.4 Å². The zero-order valence-corrected chi connectivity index (χ0v) is 16.3. The van der Waals surface area contributed by atoms with Gasteiger partial charge in [0.15, 0.2) is 5.84 Å². The number of piperidine rings is 1. The number of anilines is 1. The van der Waals surface area contributed by atoms with E-state index < -0.39 is 0 Å². The number of carbonyl (C=O) groups excluding carboxylic acids is 1. The van der Waals surface area contributed by atoms with Crippen molar-refractivity contribution in [1.29, 1.82) is 0 Å². The lowest BCUT2D eigenvalue weighted by Crippen LogP contribution is -2.41. The molecular weight excluding hydrogens is 370 g/mol. The summed E-state index contributed by atoms with van der Waals surface area (Å²) in [5, 5.41) is 15.8. The SMILES string of the molecule is CN1N=C(N)c2c(cccc2OC[C@H]2CCCN(C(=O)c3ccccc3O)C2)N1. The lowest BCUT2D eigenvalue weighted by Gasteiger charge is -2.33. The molecule has 0 aromatic heterocycles. The van der Waals surface area contributed by atoms with Gasteiger partial charge in [0.2, 0.25) is 0 Å². The summed E-state index contributed by atoms with van der Waals surface area (Å²) in [6, 6.07) is 12.4. The van der Waals surface area contributed by atoms with Gasteiger partial charge >= 0.3 is 0 Å². The van der Waals surface area contributed by atoms with Crippen LogP contribution in [0.4, 0.5) is 5.69 Å². The third-order valence-corrected chi connectivity index (χ3v) is 5.24. The predicted molar refractivity (Wildman–Crippen MR) is 111 cm³/mol. The molecule has 2 aliphatic rings. The Kier molecular flexibility index (Phi) is 5.16. The number of nitrogens with two attached hydrogens (primary N) is 1. The molecule has 0 aliphatic carbocycles. The molecule has 2 heterocycles. The number of hydrogen-bond acceptors (Lipinski definition) is 7. The highest BCUT2D eigenvalue weighted by Crippen LogP contribution is 2.30. The van der Waals surface area contributed by atoms with Gasteiger partial charge in [-0.3, -0.25) is 10.2 Å². The van der Waals surface area contributed by atoms with Gasteiger partial charge in [0.1, 0.15) is 11.5 Å². The number of phenols is 1. The molecule has 8 nitrogen and oxygen atoms in total. The van der Waals surface area contributed by atoms with Gasteiger partial charge in [-0.05, 0) is 37.1 Å². The van der Waals surface area contributed by atoms with Crippen molar-refractivity contribution in [3.63, 3.8) is 0 Å². The highest BCUT2D eigenvalue weighted by atomic mass is 16.5. The van der Waals surface area contributed by atoms with Crippen LogP contribution in [0.3, 0.4) is 0 Å². The summed E-state index contributed by atoms with van der Waals surface area (Å²) < 4.78 is 6.10. The molecule has 1 fully saturated rings. The van der Waals surface area contributed by atoms with Crippen molar-refractivity contribution in [2.24, 2.45) is 16.8 Å². The number of nitrogens with zero attached hydrogens (tertiary/aromatic N) is 3. The number of rotatable bonds is 4. The van der Waals surface area contributed by atoms with E-state index in [2.05, 4.69) is 10.5 Å². The number of aromatic hydroxyl groups is 1. The highest BCUT2D eigenvalue weighted by molar-refractivity contribution is 6.05. The van der Waals surface area contributed by atoms with Gasteiger partial charge in [0, 0.05) is 26.1 Å². The average Bonchev–Trinajstić information content (AvgIpc) is 2.72. The maximum absolute atomic E-state index is 12.8. The number of hydrazone groups is 1. The highest BCUT2D eigenvalue weighted by Gasteiger charge is 2.27. The van der Waals surface area contributed by atoms with Crippen molar-refractivity contribution in [3.8, 4) is 11.5 Å². The molecule has 1 saturated heterocycles. The van der Waals surface area contributed by atoms with Crippen LogP contribution in [-0.4, -0.2) is 53.6 Å². The molecule has 0 unspecified atom stereocenters. The van der Waals surface area contributed by atoms with E-state index in [1.165, 1.54) is 6.07 Å². The van der Waals surface area contributed by atoms with E-state index in [0.29, 0.717) is 36.8 Å². The van der Waals surface area contributed by atoms with Crippen LogP contribution in [0.2, 0.25) is 0 Å². The number of fused-ring (bicyclic) bond motifs is 1. The van der Waals surface area contributed by atoms with Crippen molar-refractivity contribution in [2.75, 3.05) is 32.2 Å². The first-order valence-corrected chi connectivity index (χ1v) is 9.71. The fourth-order valence-corrected chi connectivity index (χ4v) is 3.84. The molecule has 2 aromatic rings. The molecule has 4 N–H and O–H groups in total. The number of benzene rings is 2. The first-order valence-electron chi connectivity index (χ1n) is 9.71. The second-order valence-electron chi connectivity index (χ2n) is 7.39. The third-order valence-electron chi connectivity index (χ3n) is 5.24. The third kappa shape index (κ3) is 3.91. The standard InChI is InChI=1S/C21H25N5O3/c1-25-23-16-8-4-10-18(19(16)20(22)24-25)29-13-14-6-5-11-26(12-14)21(28)15-7-2-3-9-17(15)27/h2-4,7-10,14,23,27H,5-6,11-13H2,1H3,(H2,22,24)/t14-/m0/s1. The summed E-state index contributed by atoms with van der Waals surface area (Å²) >= 11 is 0. The number of ether oxygens (including phenoxy) is 1. The van der Waals surface area contributed by atoms with Crippen LogP contribution in [0, 0.1) is 5.92 Å². The number of phenolic OH excluding ortho intramolecular Hbond substituents is 1. The molecule has 1 atom stereocenters. The van der Waals surface area contributed by atoms with Crippen LogP contribution in [0.25, 0.3) is 0 Å². The van der Waals surface area contributed by atoms with E-state index in [4.69, 9.17) is 10.5 Å². The molecule has 2 aromatic carbocycles. The van der Waals surface area contributed by atoms with Crippen LogP contribution < -0.4 is 15.9 Å². The Morgan fingerprint density at radius 2 is 2.14 bits per heavy atom. The molecular formula is C21H25N5O3. The Morgan fingerprint density at radius 3 is 2.97 bits per heavy atom. The number of hydrazine groups is 1. The molecule has 0 bridgehead atoms. The van der Waals surface area contributed by atoms with Gasteiger partial charge in [0.05, 0.1) is 23.4 Å². The second-order valence-corrected chi connectivity index (χ2v) is 7.39. The van der Waals surface area contributed by atoms with Crippen molar-refractivity contribution in [3.05, 3.63) is 53.6 Å². The predicted octanol–water partition coefficient (Wildman–Crippen LogP) is 2.22. The Bertz CT molecular complexity index is 946. The van der Waals surface area contributed by atoms with E-state index in [1.54, 1.807) is 35.3 Å². The number of likely N-dealkylation sites (tertiary alicyclic amines) is 1. The molecule has 0 radical (unpaired) electrons. The summed E-state index contributed by atoms with van der Waals surface area (Å²) in [6.45, 7) is 1.75. The van der Waals surface area contributed by atoms with E-state index in [-0.39, 0.29) is 17.6 Å². The van der Waals surface area contributed by atoms with E-state index >= 15 is 0 Å². The zero-order valence-electron chi connectivity index (χ0n) is 16.3. The van der Waals surface area contributed by atoms with Gasteiger partial charge in [-0.15, -0.1) is 5.10 Å². The van der Waals surface area contributed by atoms with Crippen molar-refractivity contribution in [1.82, 2.24) is 10.0 Å². The summed E-state index contributed by atoms with van der Waals surface area (Å²) in [5.74, 6) is 1.14. The van der Waals surface area contributed by atoms with Crippen LogP contribution in [0.5, 0.6) is 11.5 Å². The Hall–Kier alpha value is -3.42. The smallest absolute Gasteiger partial charge is 0.257 e. The number of amides is 1. The molecule has 29 heavy (non-hydrogen) atoms. The molecule has 8 heteroatoms. The molecule has 2 aliphatic heterocycles. The lowest BCUT2D eigenvalue weighted by atomic mass is 9.98. The minimum absolute atomic E-state index is 0.0130. The molecule has 4 rings (SSSR count). The Balaban J connectivity index is 1.43. The summed E-state index contributed by atoms with van der Waals surface area (Å²) in [7, 11) is 1.78. The normalized spacial score (nSPS) is 18.5. The summed E-state index contributed by atoms with van der Waals surface area (Å²) in [6.07, 6.45) is 1.88. The fourth-order valence-electron chi connectivity index (χ4n) is 3.84. The van der Waals surface area contributed by atoms with E-state index in [0.717, 1.165) is 24.1 Å². The van der Waals surface area contributed by atoms with Crippen molar-refractivity contribution in [2.45, 2.75) is 12.8 Å². The summed E-state index contributed by atoms with van der Waals surface area (Å²) in [5.41, 5.74) is 11.2. The monoisotopic (exact) mass is 395 g/mol. The Labute approximate surface area is 169 Å². The minimum Gasteiger partial charge on any atom is -0.507 e. The number of nitrogens with one attached hydrogen (secondary N) is 1. The number of amidine groups is 1. The zero-order chi connectivity index (χ0) is 20.4. The lowest BCUT2D eigenvalue weighted by molar-refractivity contribution is 0.0630. The van der Waals surface area contributed by atoms with Crippen molar-refractivity contribution < 1.29 is 14.6 Å². The molecule has 0 spiro atoms. The summed E-state index contributed by atoms with van der Waals surface area (Å²) in [4.78, 5) is 14.6. The number of para-hydroxylation sites is 1. The minimum atomic E-state index is -0.145. The average molecular weight is 395 g/mol. The maximum atomic E-state index is 12.8. The molecule has 1 amide bonds. The number of carbonyl (C=O) groups is 1. The maximum Gasteiger partial charge on any atom is 0.257 e. The topological polar surface area (TPSA) is 103 Å². The Morgan fingerprint density at radius 1 is 1.31 bits per heavy atom. The van der Waals surface area contributed by atoms with Crippen LogP contribution in [0.1, 0.15) is 28.8 Å². The quantitative estimate of drug-likeness (QED) is 0.733. The molecule has 0 saturated carbocycles. The van der Waals surface area contributed by atoms with E-state index in [1.807, 2.05) is 18.2 Å². The first kappa shape index (κ1) is 18.9. The van der Waals surface area contributed by atoms with Gasteiger partial charge < -0.3 is 20.5 Å². The number of hydrogen-bond donors (Lipinski definition) is 3. The van der Waals surface area contributed by atoms with Gasteiger partial charge in [-0.1, -0.05) is 18.2 Å². The first-order chi connectivity index (χ1) is 14.0.